The van der Waals surface area contributed by atoms with Gasteiger partial charge in [0.2, 0.25) is 0 Å². The first-order chi connectivity index (χ1) is 9.20. The topological polar surface area (TPSA) is 50.9 Å². The molecule has 0 radical (unpaired) electrons. The maximum atomic E-state index is 5.71. The van der Waals surface area contributed by atoms with Crippen LogP contribution in [-0.4, -0.2) is 4.98 Å². The molecule has 0 aliphatic rings. The molecule has 2 rings (SSSR count). The average molecular weight is 255 g/mol. The maximum absolute atomic E-state index is 5.71. The highest BCUT2D eigenvalue weighted by Gasteiger charge is 2.12. The Hall–Kier alpha value is -1.71. The summed E-state index contributed by atoms with van der Waals surface area (Å²) < 4.78 is 0. The zero-order valence-electron chi connectivity index (χ0n) is 11.6. The normalized spacial score (nSPS) is 12.4. The van der Waals surface area contributed by atoms with Gasteiger partial charge in [0, 0.05) is 18.4 Å². The second-order valence-corrected chi connectivity index (χ2v) is 4.97. The van der Waals surface area contributed by atoms with Gasteiger partial charge in [0.25, 0.3) is 0 Å². The second kappa shape index (κ2) is 6.45. The number of aryl methyl sites for hydroxylation is 3. The zero-order chi connectivity index (χ0) is 13.7. The predicted molar refractivity (Wildman–Crippen MR) is 78.5 cm³/mol. The molecule has 0 aliphatic heterocycles. The van der Waals surface area contributed by atoms with Crippen molar-refractivity contribution in [1.82, 2.24) is 10.4 Å². The molecule has 3 N–H and O–H groups in total. The lowest BCUT2D eigenvalue weighted by Crippen LogP contribution is -2.29. The number of benzene rings is 1. The molecule has 0 aliphatic carbocycles. The number of hydrazine groups is 1. The summed E-state index contributed by atoms with van der Waals surface area (Å²) in [5.74, 6) is 5.71. The quantitative estimate of drug-likeness (QED) is 0.638. The van der Waals surface area contributed by atoms with Gasteiger partial charge in [-0.3, -0.25) is 16.3 Å². The molecule has 1 aromatic heterocycles. The monoisotopic (exact) mass is 255 g/mol. The van der Waals surface area contributed by atoms with Crippen LogP contribution in [0, 0.1) is 13.8 Å². The van der Waals surface area contributed by atoms with Gasteiger partial charge in [-0.1, -0.05) is 23.8 Å². The first-order valence-corrected chi connectivity index (χ1v) is 6.63. The molecule has 1 heterocycles. The van der Waals surface area contributed by atoms with E-state index in [0.717, 1.165) is 12.8 Å². The summed E-state index contributed by atoms with van der Waals surface area (Å²) in [6, 6.07) is 10.8. The van der Waals surface area contributed by atoms with E-state index in [1.54, 1.807) is 0 Å². The van der Waals surface area contributed by atoms with Gasteiger partial charge in [0.05, 0.1) is 0 Å². The van der Waals surface area contributed by atoms with Gasteiger partial charge >= 0.3 is 0 Å². The number of hydrogen-bond acceptors (Lipinski definition) is 3. The first-order valence-electron chi connectivity index (χ1n) is 6.63. The number of nitrogens with one attached hydrogen (secondary N) is 1. The van der Waals surface area contributed by atoms with E-state index < -0.39 is 0 Å². The Balaban J connectivity index is 2.08. The fraction of sp³-hybridized carbons (Fsp3) is 0.312. The van der Waals surface area contributed by atoms with E-state index in [-0.39, 0.29) is 6.04 Å². The Morgan fingerprint density at radius 2 is 1.89 bits per heavy atom. The molecule has 1 unspecified atom stereocenters. The Bertz CT molecular complexity index is 523. The SMILES string of the molecule is Cc1ccc(C(CCc2ccncc2)NN)c(C)c1. The van der Waals surface area contributed by atoms with Crippen LogP contribution >= 0.6 is 0 Å². The van der Waals surface area contributed by atoms with Crippen molar-refractivity contribution in [2.45, 2.75) is 32.7 Å². The molecule has 0 saturated carbocycles. The van der Waals surface area contributed by atoms with Crippen LogP contribution in [0.2, 0.25) is 0 Å². The standard InChI is InChI=1S/C16H21N3/c1-12-3-5-15(13(2)11-12)16(19-17)6-4-14-7-9-18-10-8-14/h3,5,7-11,16,19H,4,6,17H2,1-2H3. The van der Waals surface area contributed by atoms with Gasteiger partial charge in [-0.15, -0.1) is 0 Å². The maximum Gasteiger partial charge on any atom is 0.0465 e. The highest BCUT2D eigenvalue weighted by atomic mass is 15.2. The number of hydrogen-bond donors (Lipinski definition) is 2. The predicted octanol–water partition coefficient (Wildman–Crippen LogP) is 2.84. The zero-order valence-corrected chi connectivity index (χ0v) is 11.6. The van der Waals surface area contributed by atoms with Crippen LogP contribution in [0.25, 0.3) is 0 Å². The Morgan fingerprint density at radius 1 is 1.16 bits per heavy atom. The summed E-state index contributed by atoms with van der Waals surface area (Å²) in [6.45, 7) is 4.25. The summed E-state index contributed by atoms with van der Waals surface area (Å²) in [4.78, 5) is 4.03. The van der Waals surface area contributed by atoms with Crippen LogP contribution in [0.3, 0.4) is 0 Å². The Morgan fingerprint density at radius 3 is 2.53 bits per heavy atom. The molecule has 1 atom stereocenters. The van der Waals surface area contributed by atoms with Crippen molar-refractivity contribution in [3.63, 3.8) is 0 Å². The van der Waals surface area contributed by atoms with Crippen LogP contribution in [0.5, 0.6) is 0 Å². The van der Waals surface area contributed by atoms with Crippen LogP contribution in [0.4, 0.5) is 0 Å². The molecule has 19 heavy (non-hydrogen) atoms. The van der Waals surface area contributed by atoms with Crippen molar-refractivity contribution in [2.75, 3.05) is 0 Å². The van der Waals surface area contributed by atoms with Crippen molar-refractivity contribution in [1.29, 1.82) is 0 Å². The van der Waals surface area contributed by atoms with Crippen LogP contribution in [0.1, 0.15) is 34.7 Å². The van der Waals surface area contributed by atoms with Crippen molar-refractivity contribution < 1.29 is 0 Å². The molecule has 0 bridgehead atoms. The highest BCUT2D eigenvalue weighted by Crippen LogP contribution is 2.22. The van der Waals surface area contributed by atoms with Gasteiger partial charge in [-0.05, 0) is 55.5 Å². The number of nitrogens with two attached hydrogens (primary N) is 1. The minimum Gasteiger partial charge on any atom is -0.271 e. The second-order valence-electron chi connectivity index (χ2n) is 4.97. The minimum atomic E-state index is 0.189. The molecule has 3 heteroatoms. The van der Waals surface area contributed by atoms with E-state index in [1.807, 2.05) is 12.4 Å². The average Bonchev–Trinajstić information content (AvgIpc) is 2.42. The lowest BCUT2D eigenvalue weighted by atomic mass is 9.95. The molecular weight excluding hydrogens is 234 g/mol. The number of rotatable bonds is 5. The third-order valence-electron chi connectivity index (χ3n) is 3.47. The number of aromatic nitrogens is 1. The highest BCUT2D eigenvalue weighted by molar-refractivity contribution is 5.32. The lowest BCUT2D eigenvalue weighted by molar-refractivity contribution is 0.514. The minimum absolute atomic E-state index is 0.189. The lowest BCUT2D eigenvalue weighted by Gasteiger charge is -2.19. The number of nitrogens with zero attached hydrogens (tertiary/aromatic N) is 1. The molecule has 3 nitrogen and oxygen atoms in total. The van der Waals surface area contributed by atoms with Gasteiger partial charge in [0.15, 0.2) is 0 Å². The fourth-order valence-corrected chi connectivity index (χ4v) is 2.41. The fourth-order valence-electron chi connectivity index (χ4n) is 2.41. The third kappa shape index (κ3) is 3.63. The molecule has 1 aromatic carbocycles. The third-order valence-corrected chi connectivity index (χ3v) is 3.47. The van der Waals surface area contributed by atoms with Crippen molar-refractivity contribution in [3.8, 4) is 0 Å². The van der Waals surface area contributed by atoms with E-state index in [9.17, 15) is 0 Å². The van der Waals surface area contributed by atoms with Crippen LogP contribution < -0.4 is 11.3 Å². The molecule has 0 amide bonds. The van der Waals surface area contributed by atoms with Crippen LogP contribution in [0.15, 0.2) is 42.7 Å². The van der Waals surface area contributed by atoms with Crippen molar-refractivity contribution >= 4 is 0 Å². The van der Waals surface area contributed by atoms with Gasteiger partial charge in [-0.2, -0.15) is 0 Å². The van der Waals surface area contributed by atoms with Crippen LogP contribution in [-0.2, 0) is 6.42 Å². The van der Waals surface area contributed by atoms with E-state index in [0.29, 0.717) is 0 Å². The molecule has 100 valence electrons. The van der Waals surface area contributed by atoms with Gasteiger partial charge < -0.3 is 0 Å². The van der Waals surface area contributed by atoms with E-state index in [2.05, 4.69) is 54.6 Å². The summed E-state index contributed by atoms with van der Waals surface area (Å²) in [5, 5.41) is 0. The Labute approximate surface area is 114 Å². The molecule has 0 saturated heterocycles. The largest absolute Gasteiger partial charge is 0.271 e. The molecular formula is C16H21N3. The molecule has 0 spiro atoms. The summed E-state index contributed by atoms with van der Waals surface area (Å²) >= 11 is 0. The van der Waals surface area contributed by atoms with E-state index >= 15 is 0 Å². The Kier molecular flexibility index (Phi) is 4.66. The number of pyridine rings is 1. The summed E-state index contributed by atoms with van der Waals surface area (Å²) in [6.07, 6.45) is 5.63. The smallest absolute Gasteiger partial charge is 0.0465 e. The molecule has 2 aromatic rings. The van der Waals surface area contributed by atoms with Gasteiger partial charge in [0.1, 0.15) is 0 Å². The molecule has 0 fully saturated rings. The van der Waals surface area contributed by atoms with E-state index in [4.69, 9.17) is 5.84 Å². The van der Waals surface area contributed by atoms with Crippen molar-refractivity contribution in [3.05, 3.63) is 65.0 Å². The van der Waals surface area contributed by atoms with Crippen molar-refractivity contribution in [2.24, 2.45) is 5.84 Å². The van der Waals surface area contributed by atoms with E-state index in [1.165, 1.54) is 22.3 Å². The van der Waals surface area contributed by atoms with Gasteiger partial charge in [-0.25, -0.2) is 0 Å². The summed E-state index contributed by atoms with van der Waals surface area (Å²) in [5.41, 5.74) is 8.08. The first kappa shape index (κ1) is 13.7. The summed E-state index contributed by atoms with van der Waals surface area (Å²) in [7, 11) is 0.